The molecule has 2 rings (SSSR count). The maximum Gasteiger partial charge on any atom is 0.294 e. The van der Waals surface area contributed by atoms with Gasteiger partial charge < -0.3 is 10.6 Å². The third-order valence-corrected chi connectivity index (χ3v) is 3.46. The van der Waals surface area contributed by atoms with Gasteiger partial charge in [-0.15, -0.1) is 0 Å². The Bertz CT molecular complexity index is 617. The maximum absolute atomic E-state index is 12.0. The zero-order valence-electron chi connectivity index (χ0n) is 10.6. The molecule has 0 aliphatic carbocycles. The van der Waals surface area contributed by atoms with Crippen LogP contribution in [-0.2, 0) is 9.59 Å². The molecule has 1 aromatic carbocycles. The standard InChI is InChI=1S/C12H12ClN3O4/c1-6-2-8(13)4-9(16(19)20)11(6)15-5-7(12(14)18)3-10(15)17/h2,4,7H,3,5H2,1H3,(H2,14,18). The van der Waals surface area contributed by atoms with Gasteiger partial charge in [-0.2, -0.15) is 0 Å². The number of anilines is 1. The largest absolute Gasteiger partial charge is 0.369 e. The number of rotatable bonds is 3. The number of amides is 2. The van der Waals surface area contributed by atoms with E-state index in [1.165, 1.54) is 17.0 Å². The molecular formula is C12H12ClN3O4. The van der Waals surface area contributed by atoms with Gasteiger partial charge in [0.25, 0.3) is 5.69 Å². The quantitative estimate of drug-likeness (QED) is 0.672. The number of carbonyl (C=O) groups excluding carboxylic acids is 2. The van der Waals surface area contributed by atoms with Gasteiger partial charge in [0.2, 0.25) is 11.8 Å². The Kier molecular flexibility index (Phi) is 3.63. The van der Waals surface area contributed by atoms with Crippen LogP contribution in [0, 0.1) is 23.0 Å². The summed E-state index contributed by atoms with van der Waals surface area (Å²) in [6.45, 7) is 1.68. The number of aryl methyl sites for hydroxylation is 1. The molecule has 20 heavy (non-hydrogen) atoms. The van der Waals surface area contributed by atoms with E-state index >= 15 is 0 Å². The van der Waals surface area contributed by atoms with E-state index < -0.39 is 16.7 Å². The molecule has 1 aliphatic rings. The van der Waals surface area contributed by atoms with E-state index in [2.05, 4.69) is 0 Å². The number of primary amides is 1. The molecule has 0 spiro atoms. The lowest BCUT2D eigenvalue weighted by molar-refractivity contribution is -0.384. The molecule has 1 saturated heterocycles. The Balaban J connectivity index is 2.50. The van der Waals surface area contributed by atoms with Crippen LogP contribution in [0.15, 0.2) is 12.1 Å². The van der Waals surface area contributed by atoms with Crippen molar-refractivity contribution in [2.24, 2.45) is 11.7 Å². The number of carbonyl (C=O) groups is 2. The zero-order chi connectivity index (χ0) is 15.0. The average Bonchev–Trinajstić information content (AvgIpc) is 2.70. The molecule has 1 unspecified atom stereocenters. The number of hydrogen-bond acceptors (Lipinski definition) is 4. The van der Waals surface area contributed by atoms with Crippen molar-refractivity contribution in [3.05, 3.63) is 32.8 Å². The van der Waals surface area contributed by atoms with Gasteiger partial charge in [-0.05, 0) is 18.6 Å². The molecule has 8 heteroatoms. The maximum atomic E-state index is 12.0. The molecular weight excluding hydrogens is 286 g/mol. The highest BCUT2D eigenvalue weighted by Gasteiger charge is 2.37. The van der Waals surface area contributed by atoms with E-state index in [-0.39, 0.29) is 35.3 Å². The van der Waals surface area contributed by atoms with Crippen molar-refractivity contribution in [3.63, 3.8) is 0 Å². The van der Waals surface area contributed by atoms with E-state index in [0.29, 0.717) is 5.56 Å². The van der Waals surface area contributed by atoms with Gasteiger partial charge in [-0.1, -0.05) is 11.6 Å². The molecule has 106 valence electrons. The lowest BCUT2D eigenvalue weighted by atomic mass is 10.1. The number of nitro benzene ring substituents is 1. The zero-order valence-corrected chi connectivity index (χ0v) is 11.4. The van der Waals surface area contributed by atoms with Crippen molar-refractivity contribution in [1.29, 1.82) is 0 Å². The summed E-state index contributed by atoms with van der Waals surface area (Å²) in [6.07, 6.45) is -0.0332. The number of nitro groups is 1. The van der Waals surface area contributed by atoms with Gasteiger partial charge in [0.15, 0.2) is 0 Å². The second-order valence-corrected chi connectivity index (χ2v) is 5.09. The first-order valence-corrected chi connectivity index (χ1v) is 6.23. The first kappa shape index (κ1) is 14.3. The molecule has 2 amide bonds. The molecule has 0 aromatic heterocycles. The number of hydrogen-bond donors (Lipinski definition) is 1. The molecule has 0 radical (unpaired) electrons. The van der Waals surface area contributed by atoms with Crippen LogP contribution >= 0.6 is 11.6 Å². The Labute approximate surface area is 119 Å². The van der Waals surface area contributed by atoms with Crippen molar-refractivity contribution >= 4 is 34.8 Å². The second-order valence-electron chi connectivity index (χ2n) is 4.66. The number of halogens is 1. The summed E-state index contributed by atoms with van der Waals surface area (Å²) in [5, 5.41) is 11.3. The SMILES string of the molecule is Cc1cc(Cl)cc([N+](=O)[O-])c1N1CC(C(N)=O)CC1=O. The molecule has 0 bridgehead atoms. The summed E-state index contributed by atoms with van der Waals surface area (Å²) >= 11 is 5.81. The number of nitrogens with two attached hydrogens (primary N) is 1. The van der Waals surface area contributed by atoms with E-state index in [1.54, 1.807) is 6.92 Å². The van der Waals surface area contributed by atoms with Crippen molar-refractivity contribution in [1.82, 2.24) is 0 Å². The number of nitrogens with zero attached hydrogens (tertiary/aromatic N) is 2. The van der Waals surface area contributed by atoms with E-state index in [1.807, 2.05) is 0 Å². The predicted octanol–water partition coefficient (Wildman–Crippen LogP) is 1.39. The molecule has 1 atom stereocenters. The third kappa shape index (κ3) is 2.44. The highest BCUT2D eigenvalue weighted by Crippen LogP contribution is 2.37. The van der Waals surface area contributed by atoms with Gasteiger partial charge in [-0.25, -0.2) is 0 Å². The molecule has 7 nitrogen and oxygen atoms in total. The van der Waals surface area contributed by atoms with Crippen LogP contribution in [0.3, 0.4) is 0 Å². The molecule has 1 fully saturated rings. The van der Waals surface area contributed by atoms with Crippen molar-refractivity contribution in [2.75, 3.05) is 11.4 Å². The summed E-state index contributed by atoms with van der Waals surface area (Å²) in [5.74, 6) is -1.57. The van der Waals surface area contributed by atoms with Gasteiger partial charge in [-0.3, -0.25) is 19.7 Å². The fourth-order valence-corrected chi connectivity index (χ4v) is 2.59. The number of benzene rings is 1. The lowest BCUT2D eigenvalue weighted by Crippen LogP contribution is -2.29. The molecule has 1 heterocycles. The van der Waals surface area contributed by atoms with Gasteiger partial charge in [0.1, 0.15) is 5.69 Å². The monoisotopic (exact) mass is 297 g/mol. The molecule has 1 aromatic rings. The summed E-state index contributed by atoms with van der Waals surface area (Å²) in [5.41, 5.74) is 5.61. The van der Waals surface area contributed by atoms with E-state index in [4.69, 9.17) is 17.3 Å². The first-order chi connectivity index (χ1) is 9.31. The topological polar surface area (TPSA) is 107 Å². The minimum absolute atomic E-state index is 0.0332. The molecule has 0 saturated carbocycles. The minimum Gasteiger partial charge on any atom is -0.369 e. The van der Waals surface area contributed by atoms with Crippen LogP contribution in [0.1, 0.15) is 12.0 Å². The average molecular weight is 298 g/mol. The first-order valence-electron chi connectivity index (χ1n) is 5.85. The minimum atomic E-state index is -0.628. The summed E-state index contributed by atoms with van der Waals surface area (Å²) in [7, 11) is 0. The second kappa shape index (κ2) is 5.09. The van der Waals surface area contributed by atoms with Crippen LogP contribution in [-0.4, -0.2) is 23.3 Å². The highest BCUT2D eigenvalue weighted by molar-refractivity contribution is 6.31. The molecule has 2 N–H and O–H groups in total. The van der Waals surface area contributed by atoms with Crippen LogP contribution in [0.4, 0.5) is 11.4 Å². The predicted molar refractivity (Wildman–Crippen MR) is 72.5 cm³/mol. The van der Waals surface area contributed by atoms with Crippen LogP contribution in [0.5, 0.6) is 0 Å². The summed E-state index contributed by atoms with van der Waals surface area (Å²) < 4.78 is 0. The third-order valence-electron chi connectivity index (χ3n) is 3.24. The van der Waals surface area contributed by atoms with Gasteiger partial charge in [0.05, 0.1) is 10.8 Å². The fourth-order valence-electron chi connectivity index (χ4n) is 2.32. The Morgan fingerprint density at radius 3 is 2.70 bits per heavy atom. The van der Waals surface area contributed by atoms with E-state index in [9.17, 15) is 19.7 Å². The smallest absolute Gasteiger partial charge is 0.294 e. The van der Waals surface area contributed by atoms with Crippen LogP contribution in [0.2, 0.25) is 5.02 Å². The van der Waals surface area contributed by atoms with Crippen molar-refractivity contribution in [3.8, 4) is 0 Å². The van der Waals surface area contributed by atoms with E-state index in [0.717, 1.165) is 0 Å². The highest BCUT2D eigenvalue weighted by atomic mass is 35.5. The summed E-state index contributed by atoms with van der Waals surface area (Å²) in [6, 6.07) is 2.73. The van der Waals surface area contributed by atoms with Crippen molar-refractivity contribution in [2.45, 2.75) is 13.3 Å². The van der Waals surface area contributed by atoms with Crippen LogP contribution < -0.4 is 10.6 Å². The summed E-state index contributed by atoms with van der Waals surface area (Å²) in [4.78, 5) is 34.9. The van der Waals surface area contributed by atoms with Crippen LogP contribution in [0.25, 0.3) is 0 Å². The Morgan fingerprint density at radius 1 is 1.55 bits per heavy atom. The Hall–Kier alpha value is -2.15. The van der Waals surface area contributed by atoms with Gasteiger partial charge in [0, 0.05) is 24.1 Å². The lowest BCUT2D eigenvalue weighted by Gasteiger charge is -2.18. The van der Waals surface area contributed by atoms with Gasteiger partial charge >= 0.3 is 0 Å². The van der Waals surface area contributed by atoms with Crippen molar-refractivity contribution < 1.29 is 14.5 Å². The Morgan fingerprint density at radius 2 is 2.20 bits per heavy atom. The normalized spacial score (nSPS) is 18.4. The fraction of sp³-hybridized carbons (Fsp3) is 0.333. The molecule has 1 aliphatic heterocycles.